The molecule has 1 aliphatic heterocycles. The van der Waals surface area contributed by atoms with Gasteiger partial charge < -0.3 is 28.4 Å². The van der Waals surface area contributed by atoms with Crippen molar-refractivity contribution in [3.05, 3.63) is 41.1 Å². The zero-order valence-electron chi connectivity index (χ0n) is 23.2. The maximum atomic E-state index is 13.9. The number of halogens is 3. The highest BCUT2D eigenvalue weighted by molar-refractivity contribution is 7.98. The van der Waals surface area contributed by atoms with Crippen LogP contribution in [0.25, 0.3) is 0 Å². The molecule has 0 spiro atoms. The van der Waals surface area contributed by atoms with Gasteiger partial charge in [0.1, 0.15) is 18.4 Å². The van der Waals surface area contributed by atoms with E-state index in [2.05, 4.69) is 5.10 Å². The van der Waals surface area contributed by atoms with Gasteiger partial charge in [-0.3, -0.25) is 24.3 Å². The molecule has 1 unspecified atom stereocenters. The maximum absolute atomic E-state index is 13.9. The van der Waals surface area contributed by atoms with E-state index < -0.39 is 78.9 Å². The van der Waals surface area contributed by atoms with Gasteiger partial charge in [-0.1, -0.05) is 12.1 Å². The average molecular weight is 619 g/mol. The van der Waals surface area contributed by atoms with Crippen molar-refractivity contribution in [3.8, 4) is 5.88 Å². The minimum Gasteiger partial charge on any atom is -0.463 e. The first-order chi connectivity index (χ1) is 19.7. The van der Waals surface area contributed by atoms with Crippen LogP contribution in [0.2, 0.25) is 0 Å². The summed E-state index contributed by atoms with van der Waals surface area (Å²) in [5.74, 6) is -3.90. The molecule has 3 rings (SSSR count). The second kappa shape index (κ2) is 13.9. The average Bonchev–Trinajstić information content (AvgIpc) is 3.28. The number of H-pyrrole nitrogens is 1. The van der Waals surface area contributed by atoms with E-state index in [1.807, 2.05) is 11.4 Å². The van der Waals surface area contributed by atoms with Gasteiger partial charge in [0.25, 0.3) is 0 Å². The number of nitrogens with one attached hydrogen (secondary N) is 1. The Hall–Kier alpha value is -3.79. The van der Waals surface area contributed by atoms with Crippen molar-refractivity contribution in [3.63, 3.8) is 0 Å². The summed E-state index contributed by atoms with van der Waals surface area (Å²) in [5, 5.41) is 5.64. The Bertz CT molecular complexity index is 1280. The van der Waals surface area contributed by atoms with Crippen LogP contribution in [0.15, 0.2) is 29.2 Å². The fourth-order valence-corrected chi connectivity index (χ4v) is 4.59. The Balaban J connectivity index is 2.07. The summed E-state index contributed by atoms with van der Waals surface area (Å²) in [6.07, 6.45) is -11.1. The summed E-state index contributed by atoms with van der Waals surface area (Å²) < 4.78 is 74.3. The smallest absolute Gasteiger partial charge is 0.433 e. The third-order valence-corrected chi connectivity index (χ3v) is 6.57. The predicted octanol–water partition coefficient (Wildman–Crippen LogP) is 3.20. The van der Waals surface area contributed by atoms with Crippen LogP contribution in [-0.2, 0) is 55.5 Å². The van der Waals surface area contributed by atoms with Gasteiger partial charge in [0, 0.05) is 39.0 Å². The van der Waals surface area contributed by atoms with Crippen molar-refractivity contribution in [1.82, 2.24) is 10.2 Å². The number of thioether (sulfide) groups is 1. The van der Waals surface area contributed by atoms with E-state index in [9.17, 15) is 32.3 Å². The summed E-state index contributed by atoms with van der Waals surface area (Å²) in [5.41, 5.74) is -1.06. The van der Waals surface area contributed by atoms with Crippen molar-refractivity contribution in [2.24, 2.45) is 0 Å². The first kappa shape index (κ1) is 32.7. The number of hydrogen-bond donors (Lipinski definition) is 1. The van der Waals surface area contributed by atoms with Gasteiger partial charge in [-0.2, -0.15) is 13.2 Å². The van der Waals surface area contributed by atoms with E-state index in [1.54, 1.807) is 24.3 Å². The van der Waals surface area contributed by atoms with E-state index in [-0.39, 0.29) is 12.0 Å². The van der Waals surface area contributed by atoms with Crippen LogP contribution in [-0.4, -0.2) is 77.6 Å². The zero-order chi connectivity index (χ0) is 31.2. The molecule has 1 fully saturated rings. The predicted molar refractivity (Wildman–Crippen MR) is 137 cm³/mol. The fourth-order valence-electron chi connectivity index (χ4n) is 4.19. The number of aromatic amines is 1. The van der Waals surface area contributed by atoms with Crippen molar-refractivity contribution < 1.29 is 60.8 Å². The molecule has 5 atom stereocenters. The molecule has 1 saturated heterocycles. The lowest BCUT2D eigenvalue weighted by atomic mass is 9.98. The van der Waals surface area contributed by atoms with Crippen molar-refractivity contribution in [2.45, 2.75) is 75.9 Å². The minimum absolute atomic E-state index is 0.263. The highest BCUT2D eigenvalue weighted by Gasteiger charge is 2.54. The lowest BCUT2D eigenvalue weighted by Gasteiger charge is -2.43. The molecule has 1 aliphatic rings. The number of carbonyl (C=O) groups is 4. The second-order valence-corrected chi connectivity index (χ2v) is 9.97. The number of alkyl halides is 3. The number of aromatic nitrogens is 2. The fraction of sp³-hybridized carbons (Fsp3) is 0.500. The Labute approximate surface area is 242 Å². The van der Waals surface area contributed by atoms with Crippen molar-refractivity contribution in [2.75, 3.05) is 12.9 Å². The van der Waals surface area contributed by atoms with Crippen LogP contribution < -0.4 is 4.74 Å². The molecule has 1 aromatic heterocycles. The van der Waals surface area contributed by atoms with Gasteiger partial charge in [-0.25, -0.2) is 0 Å². The molecule has 1 N–H and O–H groups in total. The number of benzene rings is 1. The molecule has 0 aliphatic carbocycles. The highest BCUT2D eigenvalue weighted by atomic mass is 32.2. The number of carbonyl (C=O) groups excluding carboxylic acids is 4. The highest BCUT2D eigenvalue weighted by Crippen LogP contribution is 2.38. The summed E-state index contributed by atoms with van der Waals surface area (Å²) in [4.78, 5) is 48.4. The molecule has 0 saturated carbocycles. The molecule has 1 aromatic carbocycles. The SMILES string of the molecule is CSc1ccc(Cc2c(OC3O[C@H](COC(C)=O)[C@@H](OC(C)=O)[C@H](OC(C)=O)[C@H]3OC(C)=O)n[nH]c2C(F)(F)F)cc1. The van der Waals surface area contributed by atoms with E-state index in [0.29, 0.717) is 5.56 Å². The van der Waals surface area contributed by atoms with Crippen LogP contribution >= 0.6 is 11.8 Å². The molecule has 0 radical (unpaired) electrons. The molecule has 2 aromatic rings. The molecular weight excluding hydrogens is 589 g/mol. The Morgan fingerprint density at radius 2 is 1.48 bits per heavy atom. The van der Waals surface area contributed by atoms with Gasteiger partial charge in [0.15, 0.2) is 12.2 Å². The van der Waals surface area contributed by atoms with Gasteiger partial charge >= 0.3 is 30.1 Å². The number of esters is 4. The number of hydrogen-bond acceptors (Lipinski definition) is 12. The van der Waals surface area contributed by atoms with E-state index >= 15 is 0 Å². The van der Waals surface area contributed by atoms with Crippen LogP contribution in [0.4, 0.5) is 13.2 Å². The Morgan fingerprint density at radius 1 is 0.905 bits per heavy atom. The minimum atomic E-state index is -4.84. The van der Waals surface area contributed by atoms with Crippen molar-refractivity contribution in [1.29, 1.82) is 0 Å². The standard InChI is InChI=1S/C26H29F3N2O10S/c1-12(32)36-11-19-20(37-13(2)33)21(38-14(3)34)22(39-15(4)35)25(40-19)41-24-18(23(30-31-24)26(27,28)29)10-16-6-8-17(42-5)9-7-16/h6-9,19-22,25H,10-11H2,1-5H3,(H,30,31)/t19-,20-,21+,22-,25?/m1/s1. The molecule has 42 heavy (non-hydrogen) atoms. The van der Waals surface area contributed by atoms with Crippen LogP contribution in [0, 0.1) is 0 Å². The van der Waals surface area contributed by atoms with E-state index in [1.165, 1.54) is 11.8 Å². The summed E-state index contributed by atoms with van der Waals surface area (Å²) in [6.45, 7) is 3.67. The molecule has 0 amide bonds. The normalized spacial score (nSPS) is 22.1. The van der Waals surface area contributed by atoms with Crippen molar-refractivity contribution >= 4 is 35.6 Å². The largest absolute Gasteiger partial charge is 0.463 e. The van der Waals surface area contributed by atoms with Gasteiger partial charge in [-0.15, -0.1) is 16.9 Å². The molecule has 230 valence electrons. The number of ether oxygens (including phenoxy) is 6. The van der Waals surface area contributed by atoms with E-state index in [4.69, 9.17) is 28.4 Å². The van der Waals surface area contributed by atoms with Gasteiger partial charge in [0.2, 0.25) is 18.3 Å². The first-order valence-electron chi connectivity index (χ1n) is 12.4. The lowest BCUT2D eigenvalue weighted by molar-refractivity contribution is -0.289. The maximum Gasteiger partial charge on any atom is 0.433 e. The van der Waals surface area contributed by atoms with E-state index in [0.717, 1.165) is 32.6 Å². The zero-order valence-corrected chi connectivity index (χ0v) is 24.0. The molecule has 0 bridgehead atoms. The topological polar surface area (TPSA) is 152 Å². The molecule has 16 heteroatoms. The first-order valence-corrected chi connectivity index (χ1v) is 13.7. The monoisotopic (exact) mass is 618 g/mol. The number of rotatable bonds is 10. The Morgan fingerprint density at radius 3 is 2.00 bits per heavy atom. The summed E-state index contributed by atoms with van der Waals surface area (Å²) in [6, 6.07) is 6.79. The summed E-state index contributed by atoms with van der Waals surface area (Å²) in [7, 11) is 0. The Kier molecular flexibility index (Phi) is 10.8. The summed E-state index contributed by atoms with van der Waals surface area (Å²) >= 11 is 1.46. The van der Waals surface area contributed by atoms with Crippen LogP contribution in [0.3, 0.4) is 0 Å². The second-order valence-electron chi connectivity index (χ2n) is 9.09. The molecular formula is C26H29F3N2O10S. The molecule has 2 heterocycles. The van der Waals surface area contributed by atoms with Gasteiger partial charge in [-0.05, 0) is 24.0 Å². The molecule has 12 nitrogen and oxygen atoms in total. The lowest BCUT2D eigenvalue weighted by Crippen LogP contribution is -2.63. The van der Waals surface area contributed by atoms with Gasteiger partial charge in [0.05, 0.1) is 5.56 Å². The number of nitrogens with zero attached hydrogens (tertiary/aromatic N) is 1. The third-order valence-electron chi connectivity index (χ3n) is 5.83. The van der Waals surface area contributed by atoms with Crippen LogP contribution in [0.1, 0.15) is 44.5 Å². The quantitative estimate of drug-likeness (QED) is 0.236. The van der Waals surface area contributed by atoms with Crippen LogP contribution in [0.5, 0.6) is 5.88 Å². The third kappa shape index (κ3) is 8.61.